The molecule has 1 aromatic heterocycles. The number of para-hydroxylation sites is 2. The number of aliphatic carboxylic acids is 3. The third-order valence-corrected chi connectivity index (χ3v) is 4.75. The number of rotatable bonds is 0. The van der Waals surface area contributed by atoms with Crippen LogP contribution in [0, 0.1) is 9.54 Å². The fourth-order valence-electron chi connectivity index (χ4n) is 3.05. The molecule has 2 aliphatic rings. The van der Waals surface area contributed by atoms with Gasteiger partial charge in [-0.15, -0.1) is 0 Å². The molecule has 1 radical (unpaired) electrons. The third kappa shape index (κ3) is 12.2. The summed E-state index contributed by atoms with van der Waals surface area (Å²) in [6.07, 6.45) is 0. The molecule has 19 heteroatoms. The van der Waals surface area contributed by atoms with Crippen molar-refractivity contribution in [3.05, 3.63) is 69.0 Å². The summed E-state index contributed by atoms with van der Waals surface area (Å²) in [5.41, 5.74) is 5.40. The van der Waals surface area contributed by atoms with Gasteiger partial charge in [0.2, 0.25) is 9.54 Å². The number of fused-ring (bicyclic) bond motifs is 6. The minimum atomic E-state index is -1.08. The van der Waals surface area contributed by atoms with Gasteiger partial charge in [0.05, 0.1) is 11.4 Å². The average molecular weight is 667 g/mol. The number of carboxylic acids is 3. The van der Waals surface area contributed by atoms with Crippen LogP contribution in [-0.4, -0.2) is 58.7 Å². The van der Waals surface area contributed by atoms with Gasteiger partial charge in [0, 0.05) is 29.0 Å². The van der Waals surface area contributed by atoms with Crippen LogP contribution < -0.4 is 26.3 Å². The zero-order valence-electron chi connectivity index (χ0n) is 22.5. The minimum Gasteiger partial charge on any atom is -0.550 e. The molecule has 0 unspecified atom stereocenters. The van der Waals surface area contributed by atoms with E-state index in [1.165, 1.54) is 0 Å². The van der Waals surface area contributed by atoms with Crippen LogP contribution >= 0.6 is 24.4 Å². The molecule has 0 saturated heterocycles. The van der Waals surface area contributed by atoms with Crippen LogP contribution in [-0.2, 0) is 31.5 Å². The first-order valence-corrected chi connectivity index (χ1v) is 12.4. The van der Waals surface area contributed by atoms with E-state index in [1.807, 2.05) is 48.5 Å². The van der Waals surface area contributed by atoms with E-state index in [2.05, 4.69) is 50.8 Å². The van der Waals surface area contributed by atoms with Crippen LogP contribution in [0.15, 0.2) is 58.5 Å². The maximum absolute atomic E-state index is 8.89. The Balaban J connectivity index is 0.000000612. The van der Waals surface area contributed by atoms with Gasteiger partial charge in [0.25, 0.3) is 0 Å². The topological polar surface area (TPSA) is 266 Å². The number of aromatic amines is 6. The van der Waals surface area contributed by atoms with Crippen LogP contribution in [0.4, 0.5) is 11.4 Å². The monoisotopic (exact) mass is 667 g/mol. The fourth-order valence-corrected chi connectivity index (χ4v) is 3.24. The SMILES string of the molecule is CC(=O)[O-].CC(=O)[O-].CC(=O)[O-].S=c1[nH]nc2c([nH][nH]c(=S)[nH][nH]c3c(n[nH]1)-c1ccccc1N=3)=Nc1ccccc1-2.[Fe+3]. The van der Waals surface area contributed by atoms with Gasteiger partial charge >= 0.3 is 17.1 Å². The molecule has 225 valence electrons. The summed E-state index contributed by atoms with van der Waals surface area (Å²) in [7, 11) is 0. The average Bonchev–Trinajstić information content (AvgIpc) is 3.44. The molecule has 43 heavy (non-hydrogen) atoms. The molecule has 0 atom stereocenters. The number of carbonyl (C=O) groups is 3. The van der Waals surface area contributed by atoms with Gasteiger partial charge < -0.3 is 29.7 Å². The van der Waals surface area contributed by atoms with Crippen LogP contribution in [0.3, 0.4) is 0 Å². The van der Waals surface area contributed by atoms with Crippen LogP contribution in [0.25, 0.3) is 22.5 Å². The largest absolute Gasteiger partial charge is 3.00 e. The first-order valence-electron chi connectivity index (χ1n) is 11.6. The van der Waals surface area contributed by atoms with Crippen molar-refractivity contribution in [3.63, 3.8) is 0 Å². The molecular formula is C24H23FeN10O6S2. The Bertz CT molecular complexity index is 1730. The van der Waals surface area contributed by atoms with E-state index in [4.69, 9.17) is 54.1 Å². The van der Waals surface area contributed by atoms with Crippen molar-refractivity contribution >= 4 is 53.7 Å². The molecule has 3 heterocycles. The van der Waals surface area contributed by atoms with Crippen molar-refractivity contribution in [3.8, 4) is 22.5 Å². The number of H-pyrrole nitrogens is 6. The molecule has 2 aromatic carbocycles. The molecular weight excluding hydrogens is 644 g/mol. The predicted octanol–water partition coefficient (Wildman–Crippen LogP) is -0.593. The van der Waals surface area contributed by atoms with Crippen molar-refractivity contribution in [2.75, 3.05) is 0 Å². The van der Waals surface area contributed by atoms with E-state index in [0.717, 1.165) is 43.3 Å². The van der Waals surface area contributed by atoms with E-state index in [9.17, 15) is 0 Å². The second-order valence-electron chi connectivity index (χ2n) is 7.73. The zero-order chi connectivity index (χ0) is 31.2. The molecule has 0 fully saturated rings. The Labute approximate surface area is 262 Å². The van der Waals surface area contributed by atoms with Crippen molar-refractivity contribution in [1.29, 1.82) is 0 Å². The number of nitrogens with one attached hydrogen (secondary N) is 6. The molecule has 0 bridgehead atoms. The second kappa shape index (κ2) is 17.8. The van der Waals surface area contributed by atoms with Gasteiger partial charge in [-0.1, -0.05) is 36.4 Å². The molecule has 6 N–H and O–H groups in total. The molecule has 3 aromatic rings. The number of hydrogen-bond donors (Lipinski definition) is 6. The Kier molecular flexibility index (Phi) is 14.9. The number of aromatic nitrogens is 8. The normalized spacial score (nSPS) is 9.74. The van der Waals surface area contributed by atoms with Crippen molar-refractivity contribution < 1.29 is 46.8 Å². The van der Waals surface area contributed by atoms with E-state index < -0.39 is 17.9 Å². The number of carbonyl (C=O) groups excluding carboxylic acids is 3. The molecule has 5 rings (SSSR count). The molecule has 0 saturated carbocycles. The van der Waals surface area contributed by atoms with Gasteiger partial charge in [-0.05, 0) is 57.3 Å². The second-order valence-corrected chi connectivity index (χ2v) is 8.55. The number of hydrogen-bond acceptors (Lipinski definition) is 12. The van der Waals surface area contributed by atoms with Crippen LogP contribution in [0.5, 0.6) is 0 Å². The quantitative estimate of drug-likeness (QED) is 0.0902. The summed E-state index contributed by atoms with van der Waals surface area (Å²) in [6, 6.07) is 15.3. The summed E-state index contributed by atoms with van der Waals surface area (Å²) in [6.45, 7) is 2.92. The number of nitrogens with zero attached hydrogens (tertiary/aromatic N) is 4. The standard InChI is InChI=1S/C18H14N10S2.3C2H4O2.Fe/c29-17-25-21-13-9-5-1-3-7-11(9)19-15(13)23-27-18(30)28-24-16-14(22-26-17)10-6-2-4-8-12(10)20-16;3*1-2(3)4;/h1-8H,(H,19,23)(H,20,24)(H2,25,26,29)(H2,27,28,30);3*1H3,(H,3,4);/q;;;;+3/p-3. The summed E-state index contributed by atoms with van der Waals surface area (Å²) < 4.78 is 0.496. The summed E-state index contributed by atoms with van der Waals surface area (Å²) in [5, 5.41) is 52.8. The number of carboxylic acid groups (broad SMARTS) is 3. The van der Waals surface area contributed by atoms with Crippen molar-refractivity contribution in [2.45, 2.75) is 20.8 Å². The Morgan fingerprint density at radius 1 is 0.605 bits per heavy atom. The van der Waals surface area contributed by atoms with Crippen LogP contribution in [0.1, 0.15) is 20.8 Å². The molecule has 0 spiro atoms. The minimum absolute atomic E-state index is 0. The first-order chi connectivity index (χ1) is 19.9. The summed E-state index contributed by atoms with van der Waals surface area (Å²) in [5.74, 6) is -3.25. The van der Waals surface area contributed by atoms with Gasteiger partial charge in [0.15, 0.2) is 11.0 Å². The van der Waals surface area contributed by atoms with E-state index in [1.54, 1.807) is 0 Å². The molecule has 16 nitrogen and oxygen atoms in total. The molecule has 0 aliphatic carbocycles. The summed E-state index contributed by atoms with van der Waals surface area (Å²) in [4.78, 5) is 35.7. The Morgan fingerprint density at radius 3 is 1.28 bits per heavy atom. The third-order valence-electron chi connectivity index (χ3n) is 4.36. The van der Waals surface area contributed by atoms with E-state index in [-0.39, 0.29) is 26.6 Å². The smallest absolute Gasteiger partial charge is 0.550 e. The maximum Gasteiger partial charge on any atom is 3.00 e. The van der Waals surface area contributed by atoms with Gasteiger partial charge in [-0.2, -0.15) is 10.2 Å². The number of benzene rings is 2. The van der Waals surface area contributed by atoms with Gasteiger partial charge in [-0.3, -0.25) is 30.6 Å². The van der Waals surface area contributed by atoms with Crippen molar-refractivity contribution in [1.82, 2.24) is 40.8 Å². The van der Waals surface area contributed by atoms with E-state index >= 15 is 0 Å². The van der Waals surface area contributed by atoms with Gasteiger partial charge in [-0.25, -0.2) is 9.98 Å². The Hall–Kier alpha value is -4.97. The fraction of sp³-hybridized carbons (Fsp3) is 0.125. The Morgan fingerprint density at radius 2 is 0.930 bits per heavy atom. The zero-order valence-corrected chi connectivity index (χ0v) is 25.3. The maximum atomic E-state index is 8.89. The molecule has 0 amide bonds. The first kappa shape index (κ1) is 36.1. The van der Waals surface area contributed by atoms with E-state index in [0.29, 0.717) is 22.4 Å². The van der Waals surface area contributed by atoms with Crippen molar-refractivity contribution in [2.24, 2.45) is 9.98 Å². The van der Waals surface area contributed by atoms with Crippen LogP contribution in [0.2, 0.25) is 0 Å². The molecule has 2 aliphatic heterocycles. The predicted molar refractivity (Wildman–Crippen MR) is 147 cm³/mol. The van der Waals surface area contributed by atoms with Gasteiger partial charge in [0.1, 0.15) is 11.4 Å². The summed E-state index contributed by atoms with van der Waals surface area (Å²) >= 11 is 10.6.